The molecule has 0 unspecified atom stereocenters. The third-order valence-corrected chi connectivity index (χ3v) is 7.91. The Morgan fingerprint density at radius 2 is 1.50 bits per heavy atom. The van der Waals surface area contributed by atoms with Crippen LogP contribution in [-0.4, -0.2) is 95.9 Å². The average Bonchev–Trinajstić information content (AvgIpc) is 3.07. The van der Waals surface area contributed by atoms with Crippen LogP contribution in [0.5, 0.6) is 0 Å². The lowest BCUT2D eigenvalue weighted by Crippen LogP contribution is -2.55. The van der Waals surface area contributed by atoms with Gasteiger partial charge in [-0.15, -0.1) is 0 Å². The number of likely N-dealkylation sites (tertiary alicyclic amines) is 1. The van der Waals surface area contributed by atoms with Crippen LogP contribution in [-0.2, 0) is 19.1 Å². The van der Waals surface area contributed by atoms with Crippen LogP contribution in [0, 0.1) is 5.41 Å². The van der Waals surface area contributed by atoms with Crippen molar-refractivity contribution in [3.63, 3.8) is 0 Å². The van der Waals surface area contributed by atoms with E-state index in [4.69, 9.17) is 9.47 Å². The van der Waals surface area contributed by atoms with Gasteiger partial charge in [-0.3, -0.25) is 9.59 Å². The van der Waals surface area contributed by atoms with E-state index >= 15 is 0 Å². The molecule has 0 bridgehead atoms. The van der Waals surface area contributed by atoms with Gasteiger partial charge in [0, 0.05) is 27.3 Å². The van der Waals surface area contributed by atoms with E-state index in [1.807, 2.05) is 20.8 Å². The van der Waals surface area contributed by atoms with Crippen molar-refractivity contribution >= 4 is 11.8 Å². The molecular weight excluding hydrogens is 536 g/mol. The second-order valence-corrected chi connectivity index (χ2v) is 13.1. The highest BCUT2D eigenvalue weighted by Crippen LogP contribution is 2.19. The van der Waals surface area contributed by atoms with E-state index in [2.05, 4.69) is 12.2 Å². The molecule has 0 aromatic heterocycles. The fourth-order valence-corrected chi connectivity index (χ4v) is 5.23. The highest BCUT2D eigenvalue weighted by Gasteiger charge is 2.38. The number of likely N-dealkylation sites (N-methyl/N-ethyl adjacent to an activating group) is 1. The van der Waals surface area contributed by atoms with E-state index in [-0.39, 0.29) is 17.4 Å². The lowest BCUT2D eigenvalue weighted by Gasteiger charge is -2.29. The molecule has 1 aliphatic rings. The number of nitrogens with one attached hydrogen (secondary N) is 1. The normalized spacial score (nSPS) is 21.3. The molecular formula is C33H62N2O7. The van der Waals surface area contributed by atoms with Gasteiger partial charge < -0.3 is 35.0 Å². The first-order valence-corrected chi connectivity index (χ1v) is 16.3. The summed E-state index contributed by atoms with van der Waals surface area (Å²) in [7, 11) is 2.93. The molecule has 6 atom stereocenters. The Morgan fingerprint density at radius 3 is 2.02 bits per heavy atom. The minimum atomic E-state index is -1.69. The van der Waals surface area contributed by atoms with Crippen molar-refractivity contribution in [2.75, 3.05) is 27.3 Å². The fraction of sp³-hybridized carbons (Fsp3) is 0.879. The van der Waals surface area contributed by atoms with Crippen LogP contribution in [0.3, 0.4) is 0 Å². The minimum absolute atomic E-state index is 0.107. The Hall–Kier alpha value is -1.52. The Bertz CT molecular complexity index is 770. The Morgan fingerprint density at radius 1 is 0.952 bits per heavy atom. The summed E-state index contributed by atoms with van der Waals surface area (Å²) in [5, 5.41) is 34.0. The lowest BCUT2D eigenvalue weighted by molar-refractivity contribution is -0.151. The average molecular weight is 599 g/mol. The second kappa shape index (κ2) is 21.2. The number of aliphatic hydroxyl groups excluding tert-OH is 3. The Balaban J connectivity index is 2.42. The largest absolute Gasteiger partial charge is 0.387 e. The summed E-state index contributed by atoms with van der Waals surface area (Å²) < 4.78 is 11.3. The van der Waals surface area contributed by atoms with Crippen molar-refractivity contribution in [2.24, 2.45) is 5.41 Å². The van der Waals surface area contributed by atoms with Crippen molar-refractivity contribution in [3.05, 3.63) is 12.2 Å². The fourth-order valence-electron chi connectivity index (χ4n) is 5.23. The number of amides is 2. The molecule has 0 aromatic carbocycles. The second-order valence-electron chi connectivity index (χ2n) is 13.1. The number of hydrogen-bond donors (Lipinski definition) is 4. The van der Waals surface area contributed by atoms with Crippen LogP contribution < -0.4 is 5.32 Å². The highest BCUT2D eigenvalue weighted by atomic mass is 16.5. The standard InChI is InChI=1S/C33H62N2O7/c1-7-8-9-10-11-12-13-14-15-16-17-18-23-42-25-19-20-26(32(40)35(5)24-25)34-31(39)30(41-6)29(38)28(37)27(36)21-22-33(2,3)4/h21-22,25-30,36-38H,7-20,23-24H2,1-6H3,(H,34,39)/b22-21+/t25-,26-,27+,28-,29+,30+/m0/s1. The molecule has 0 aliphatic carbocycles. The number of aliphatic hydroxyl groups is 3. The predicted octanol–water partition coefficient (Wildman–Crippen LogP) is 4.51. The maximum Gasteiger partial charge on any atom is 0.252 e. The zero-order valence-electron chi connectivity index (χ0n) is 27.4. The Kier molecular flexibility index (Phi) is 19.5. The summed E-state index contributed by atoms with van der Waals surface area (Å²) in [6.45, 7) is 9.15. The van der Waals surface area contributed by atoms with Crippen LogP contribution in [0.25, 0.3) is 0 Å². The summed E-state index contributed by atoms with van der Waals surface area (Å²) in [5.41, 5.74) is -0.232. The first-order valence-electron chi connectivity index (χ1n) is 16.3. The summed E-state index contributed by atoms with van der Waals surface area (Å²) in [6, 6.07) is -0.796. The zero-order valence-corrected chi connectivity index (χ0v) is 27.4. The molecule has 0 spiro atoms. The molecule has 4 N–H and O–H groups in total. The molecule has 1 saturated heterocycles. The topological polar surface area (TPSA) is 129 Å². The van der Waals surface area contributed by atoms with Crippen LogP contribution in [0.4, 0.5) is 0 Å². The molecule has 1 aliphatic heterocycles. The van der Waals surface area contributed by atoms with Crippen LogP contribution in [0.1, 0.15) is 118 Å². The molecule has 0 saturated carbocycles. The Labute approximate surface area is 255 Å². The van der Waals surface area contributed by atoms with Gasteiger partial charge in [0.2, 0.25) is 5.91 Å². The van der Waals surface area contributed by atoms with Gasteiger partial charge in [0.05, 0.1) is 6.10 Å². The van der Waals surface area contributed by atoms with E-state index in [1.165, 1.54) is 77.4 Å². The molecule has 1 rings (SSSR count). The molecule has 9 heteroatoms. The smallest absolute Gasteiger partial charge is 0.252 e. The van der Waals surface area contributed by atoms with Gasteiger partial charge in [-0.25, -0.2) is 0 Å². The SMILES string of the molecule is CCCCCCCCCCCCCCO[C@H]1CC[C@H](NC(=O)[C@H](OC)[C@H](O)[C@@H](O)[C@H](O)/C=C/C(C)(C)C)C(=O)N(C)C1. The maximum absolute atomic E-state index is 13.0. The van der Waals surface area contributed by atoms with E-state index in [1.54, 1.807) is 18.0 Å². The van der Waals surface area contributed by atoms with Gasteiger partial charge in [0.15, 0.2) is 6.10 Å². The quantitative estimate of drug-likeness (QED) is 0.113. The van der Waals surface area contributed by atoms with Gasteiger partial charge in [-0.2, -0.15) is 0 Å². The third kappa shape index (κ3) is 15.8. The van der Waals surface area contributed by atoms with E-state index in [0.29, 0.717) is 26.0 Å². The van der Waals surface area contributed by atoms with Crippen molar-refractivity contribution in [2.45, 2.75) is 154 Å². The molecule has 1 fully saturated rings. The number of unbranched alkanes of at least 4 members (excludes halogenated alkanes) is 11. The third-order valence-electron chi connectivity index (χ3n) is 7.91. The number of rotatable bonds is 21. The van der Waals surface area contributed by atoms with Crippen LogP contribution in [0.15, 0.2) is 12.2 Å². The molecule has 1 heterocycles. The number of methoxy groups -OCH3 is 1. The molecule has 0 aromatic rings. The van der Waals surface area contributed by atoms with Gasteiger partial charge in [0.1, 0.15) is 24.4 Å². The highest BCUT2D eigenvalue weighted by molar-refractivity contribution is 5.89. The van der Waals surface area contributed by atoms with Gasteiger partial charge in [-0.1, -0.05) is 110 Å². The van der Waals surface area contributed by atoms with Gasteiger partial charge >= 0.3 is 0 Å². The number of nitrogens with zero attached hydrogens (tertiary/aromatic N) is 1. The van der Waals surface area contributed by atoms with Crippen molar-refractivity contribution in [1.82, 2.24) is 10.2 Å². The van der Waals surface area contributed by atoms with Crippen LogP contribution in [0.2, 0.25) is 0 Å². The summed E-state index contributed by atoms with van der Waals surface area (Å²) in [5.74, 6) is -0.962. The number of carbonyl (C=O) groups is 2. The van der Waals surface area contributed by atoms with E-state index in [0.717, 1.165) is 12.8 Å². The molecule has 2 amide bonds. The van der Waals surface area contributed by atoms with Crippen molar-refractivity contribution in [3.8, 4) is 0 Å². The number of ether oxygens (including phenoxy) is 2. The predicted molar refractivity (Wildman–Crippen MR) is 167 cm³/mol. The number of hydrogen-bond acceptors (Lipinski definition) is 7. The summed E-state index contributed by atoms with van der Waals surface area (Å²) in [6.07, 6.45) is 13.2. The van der Waals surface area contributed by atoms with Crippen LogP contribution >= 0.6 is 0 Å². The van der Waals surface area contributed by atoms with Crippen molar-refractivity contribution in [1.29, 1.82) is 0 Å². The zero-order chi connectivity index (χ0) is 31.5. The first-order chi connectivity index (χ1) is 19.9. The van der Waals surface area contributed by atoms with E-state index < -0.39 is 36.4 Å². The summed E-state index contributed by atoms with van der Waals surface area (Å²) in [4.78, 5) is 27.5. The monoisotopic (exact) mass is 598 g/mol. The first kappa shape index (κ1) is 38.5. The van der Waals surface area contributed by atoms with Crippen molar-refractivity contribution < 1.29 is 34.4 Å². The van der Waals surface area contributed by atoms with Gasteiger partial charge in [0.25, 0.3) is 5.91 Å². The molecule has 9 nitrogen and oxygen atoms in total. The molecule has 0 radical (unpaired) electrons. The van der Waals surface area contributed by atoms with E-state index in [9.17, 15) is 24.9 Å². The molecule has 246 valence electrons. The maximum atomic E-state index is 13.0. The van der Waals surface area contributed by atoms with Gasteiger partial charge in [-0.05, 0) is 24.7 Å². The summed E-state index contributed by atoms with van der Waals surface area (Å²) >= 11 is 0. The number of carbonyl (C=O) groups excluding carboxylic acids is 2. The lowest BCUT2D eigenvalue weighted by atomic mass is 9.94. The number of allylic oxidation sites excluding steroid dienone is 1. The minimum Gasteiger partial charge on any atom is -0.387 e. The molecule has 42 heavy (non-hydrogen) atoms.